The lowest BCUT2D eigenvalue weighted by atomic mass is 10.1. The third kappa shape index (κ3) is 4.85. The number of rotatable bonds is 6. The highest BCUT2D eigenvalue weighted by atomic mass is 35.5. The zero-order valence-electron chi connectivity index (χ0n) is 20.4. The van der Waals surface area contributed by atoms with Crippen molar-refractivity contribution < 1.29 is 18.0 Å². The molecular formula is C28H18ClF3N6OS. The predicted octanol–water partition coefficient (Wildman–Crippen LogP) is 6.91. The Labute approximate surface area is 234 Å². The van der Waals surface area contributed by atoms with Crippen LogP contribution in [0.5, 0.6) is 0 Å². The number of benzene rings is 2. The van der Waals surface area contributed by atoms with Crippen LogP contribution in [0.4, 0.5) is 13.2 Å². The van der Waals surface area contributed by atoms with Crippen LogP contribution >= 0.6 is 22.9 Å². The lowest BCUT2D eigenvalue weighted by molar-refractivity contribution is -0.142. The van der Waals surface area contributed by atoms with E-state index in [0.29, 0.717) is 20.6 Å². The van der Waals surface area contributed by atoms with Gasteiger partial charge in [0.2, 0.25) is 0 Å². The number of hydrogen-bond donors (Lipinski definition) is 1. The number of nitrogens with one attached hydrogen (secondary N) is 1. The van der Waals surface area contributed by atoms with Crippen molar-refractivity contribution in [3.05, 3.63) is 112 Å². The number of hydrogen-bond acceptors (Lipinski definition) is 5. The average Bonchev–Trinajstić information content (AvgIpc) is 3.71. The minimum Gasteiger partial charge on any atom is -0.346 e. The Morgan fingerprint density at radius 3 is 2.38 bits per heavy atom. The first-order valence-corrected chi connectivity index (χ1v) is 13.2. The number of carbonyl (C=O) groups is 1. The maximum absolute atomic E-state index is 14.0. The Morgan fingerprint density at radius 2 is 1.70 bits per heavy atom. The smallest absolute Gasteiger partial charge is 0.346 e. The van der Waals surface area contributed by atoms with Gasteiger partial charge >= 0.3 is 6.18 Å². The zero-order valence-corrected chi connectivity index (χ0v) is 22.0. The minimum atomic E-state index is -4.76. The van der Waals surface area contributed by atoms with Gasteiger partial charge in [0.1, 0.15) is 5.02 Å². The van der Waals surface area contributed by atoms with Crippen LogP contribution in [-0.2, 0) is 12.7 Å². The summed E-state index contributed by atoms with van der Waals surface area (Å²) in [5, 5.41) is 12.8. The third-order valence-electron chi connectivity index (χ3n) is 6.11. The second-order valence-electron chi connectivity index (χ2n) is 8.73. The van der Waals surface area contributed by atoms with Gasteiger partial charge in [-0.15, -0.1) is 11.3 Å². The zero-order chi connectivity index (χ0) is 27.9. The summed E-state index contributed by atoms with van der Waals surface area (Å²) < 4.78 is 44.2. The summed E-state index contributed by atoms with van der Waals surface area (Å²) in [4.78, 5) is 18.0. The second-order valence-corrected chi connectivity index (χ2v) is 10.1. The summed E-state index contributed by atoms with van der Waals surface area (Å²) in [5.74, 6) is -0.743. The molecule has 200 valence electrons. The molecule has 0 spiro atoms. The van der Waals surface area contributed by atoms with Gasteiger partial charge in [0.05, 0.1) is 22.0 Å². The number of alkyl halides is 3. The quantitative estimate of drug-likeness (QED) is 0.233. The molecule has 1 N–H and O–H groups in total. The van der Waals surface area contributed by atoms with Crippen LogP contribution in [0, 0.1) is 0 Å². The van der Waals surface area contributed by atoms with Crippen molar-refractivity contribution in [3.63, 3.8) is 0 Å². The topological polar surface area (TPSA) is 77.1 Å². The Kier molecular flexibility index (Phi) is 6.60. The van der Waals surface area contributed by atoms with Crippen LogP contribution in [0.3, 0.4) is 0 Å². The molecule has 1 amide bonds. The standard InChI is InChI=1S/C28H18ClF3N6OS/c29-23-25(36-38-22(28(30,31)32)14-20(34-26(23)38)21-12-7-13-40-21)27(39)33-15-18-16-37(19-10-5-2-6-11-19)35-24(18)17-8-3-1-4-9-17/h1-14,16H,15H2,(H,33,39). The highest BCUT2D eigenvalue weighted by Crippen LogP contribution is 2.35. The van der Waals surface area contributed by atoms with Crippen LogP contribution in [0.15, 0.2) is 90.4 Å². The van der Waals surface area contributed by atoms with Crippen LogP contribution in [0.2, 0.25) is 5.02 Å². The first kappa shape index (κ1) is 25.8. The molecule has 2 aromatic carbocycles. The van der Waals surface area contributed by atoms with Gasteiger partial charge in [-0.2, -0.15) is 23.4 Å². The molecule has 6 rings (SSSR count). The largest absolute Gasteiger partial charge is 0.433 e. The fourth-order valence-electron chi connectivity index (χ4n) is 4.24. The molecule has 6 aromatic rings. The van der Waals surface area contributed by atoms with Gasteiger partial charge in [-0.3, -0.25) is 4.79 Å². The fourth-order valence-corrected chi connectivity index (χ4v) is 5.17. The molecule has 4 aromatic heterocycles. The van der Waals surface area contributed by atoms with Crippen LogP contribution in [0.25, 0.3) is 33.2 Å². The number of para-hydroxylation sites is 1. The number of fused-ring (bicyclic) bond motifs is 1. The van der Waals surface area contributed by atoms with Gasteiger partial charge in [0.15, 0.2) is 17.0 Å². The van der Waals surface area contributed by atoms with E-state index in [-0.39, 0.29) is 28.6 Å². The molecule has 0 saturated carbocycles. The normalized spacial score (nSPS) is 11.7. The molecule has 0 saturated heterocycles. The van der Waals surface area contributed by atoms with E-state index in [0.717, 1.165) is 17.3 Å². The molecule has 0 bridgehead atoms. The molecule has 0 atom stereocenters. The van der Waals surface area contributed by atoms with Crippen LogP contribution in [0.1, 0.15) is 21.7 Å². The summed E-state index contributed by atoms with van der Waals surface area (Å²) in [5.41, 5.74) is 1.39. The molecule has 0 aliphatic carbocycles. The summed E-state index contributed by atoms with van der Waals surface area (Å²) in [6.45, 7) is 0.0279. The summed E-state index contributed by atoms with van der Waals surface area (Å²) >= 11 is 7.65. The van der Waals surface area contributed by atoms with Gasteiger partial charge in [-0.25, -0.2) is 14.2 Å². The number of thiophene rings is 1. The summed E-state index contributed by atoms with van der Waals surface area (Å²) in [6.07, 6.45) is -2.97. The van der Waals surface area contributed by atoms with Crippen molar-refractivity contribution in [2.24, 2.45) is 0 Å². The van der Waals surface area contributed by atoms with E-state index in [1.54, 1.807) is 28.4 Å². The van der Waals surface area contributed by atoms with E-state index in [9.17, 15) is 18.0 Å². The Morgan fingerprint density at radius 1 is 0.975 bits per heavy atom. The van der Waals surface area contributed by atoms with E-state index in [1.165, 1.54) is 11.3 Å². The maximum Gasteiger partial charge on any atom is 0.433 e. The molecule has 0 aliphatic rings. The second kappa shape index (κ2) is 10.2. The Bertz CT molecular complexity index is 1820. The van der Waals surface area contributed by atoms with Crippen LogP contribution < -0.4 is 5.32 Å². The highest BCUT2D eigenvalue weighted by Gasteiger charge is 2.37. The maximum atomic E-state index is 14.0. The highest BCUT2D eigenvalue weighted by molar-refractivity contribution is 7.13. The molecule has 0 aliphatic heterocycles. The van der Waals surface area contributed by atoms with Crippen molar-refractivity contribution in [1.29, 1.82) is 0 Å². The first-order valence-electron chi connectivity index (χ1n) is 12.0. The van der Waals surface area contributed by atoms with E-state index < -0.39 is 17.8 Å². The van der Waals surface area contributed by atoms with Crippen molar-refractivity contribution in [3.8, 4) is 27.5 Å². The first-order chi connectivity index (χ1) is 19.3. The van der Waals surface area contributed by atoms with Crippen molar-refractivity contribution in [2.75, 3.05) is 0 Å². The van der Waals surface area contributed by atoms with Gasteiger partial charge in [0.25, 0.3) is 5.91 Å². The Balaban J connectivity index is 1.35. The lowest BCUT2D eigenvalue weighted by Gasteiger charge is -2.10. The Hall–Kier alpha value is -4.48. The molecule has 12 heteroatoms. The number of carbonyl (C=O) groups excluding carboxylic acids is 1. The van der Waals surface area contributed by atoms with Gasteiger partial charge in [0, 0.05) is 23.9 Å². The molecule has 0 fully saturated rings. The molecule has 7 nitrogen and oxygen atoms in total. The van der Waals surface area contributed by atoms with E-state index in [2.05, 4.69) is 15.4 Å². The summed E-state index contributed by atoms with van der Waals surface area (Å²) in [7, 11) is 0. The molecule has 0 radical (unpaired) electrons. The van der Waals surface area contributed by atoms with Crippen molar-refractivity contribution >= 4 is 34.5 Å². The molecular weight excluding hydrogens is 561 g/mol. The van der Waals surface area contributed by atoms with Gasteiger partial charge in [-0.1, -0.05) is 66.2 Å². The molecule has 0 unspecified atom stereocenters. The SMILES string of the molecule is O=C(NCc1cn(-c2ccccc2)nc1-c1ccccc1)c1nn2c(C(F)(F)F)cc(-c3cccs3)nc2c1Cl. The van der Waals surface area contributed by atoms with Gasteiger partial charge in [-0.05, 0) is 29.6 Å². The fraction of sp³-hybridized carbons (Fsp3) is 0.0714. The summed E-state index contributed by atoms with van der Waals surface area (Å²) in [6, 6.07) is 23.2. The molecule has 4 heterocycles. The van der Waals surface area contributed by atoms with Gasteiger partial charge < -0.3 is 5.32 Å². The van der Waals surface area contributed by atoms with E-state index in [4.69, 9.17) is 16.7 Å². The van der Waals surface area contributed by atoms with E-state index >= 15 is 0 Å². The predicted molar refractivity (Wildman–Crippen MR) is 146 cm³/mol. The van der Waals surface area contributed by atoms with Crippen LogP contribution in [-0.4, -0.2) is 30.3 Å². The van der Waals surface area contributed by atoms with Crippen molar-refractivity contribution in [1.82, 2.24) is 29.7 Å². The number of nitrogens with zero attached hydrogens (tertiary/aromatic N) is 5. The average molecular weight is 579 g/mol. The number of amides is 1. The monoisotopic (exact) mass is 578 g/mol. The van der Waals surface area contributed by atoms with Crippen molar-refractivity contribution in [2.45, 2.75) is 12.7 Å². The lowest BCUT2D eigenvalue weighted by Crippen LogP contribution is -2.24. The number of halogens is 4. The molecule has 40 heavy (non-hydrogen) atoms. The third-order valence-corrected chi connectivity index (χ3v) is 7.35. The number of aromatic nitrogens is 5. The minimum absolute atomic E-state index is 0.0279. The van der Waals surface area contributed by atoms with E-state index in [1.807, 2.05) is 60.7 Å².